The highest BCUT2D eigenvalue weighted by molar-refractivity contribution is 7.17. The molecule has 3 aromatic heterocycles. The average Bonchev–Trinajstić information content (AvgIpc) is 3.59. The van der Waals surface area contributed by atoms with Crippen molar-refractivity contribution in [3.8, 4) is 11.4 Å². The largest absolute Gasteiger partial charge is 0.462 e. The van der Waals surface area contributed by atoms with Gasteiger partial charge < -0.3 is 24.3 Å². The van der Waals surface area contributed by atoms with Gasteiger partial charge in [-0.2, -0.15) is 0 Å². The van der Waals surface area contributed by atoms with Gasteiger partial charge in [-0.15, -0.1) is 0 Å². The van der Waals surface area contributed by atoms with Gasteiger partial charge in [0, 0.05) is 65.0 Å². The first kappa shape index (κ1) is 33.6. The number of Topliss-reactive ketones (excluding diaryl/α,β-unsaturated/α-hetero) is 1. The molecule has 0 saturated carbocycles. The van der Waals surface area contributed by atoms with Crippen molar-refractivity contribution in [1.82, 2.24) is 24.8 Å². The Morgan fingerprint density at radius 1 is 1.09 bits per heavy atom. The van der Waals surface area contributed by atoms with Gasteiger partial charge in [0.25, 0.3) is 0 Å². The molecule has 2 aliphatic heterocycles. The molecule has 1 N–H and O–H groups in total. The average molecular weight is 679 g/mol. The molecule has 5 rings (SSSR count). The minimum absolute atomic E-state index is 0.0215. The summed E-state index contributed by atoms with van der Waals surface area (Å²) in [6.45, 7) is 14.3. The summed E-state index contributed by atoms with van der Waals surface area (Å²) in [6, 6.07) is 0. The van der Waals surface area contributed by atoms with E-state index in [0.29, 0.717) is 63.2 Å². The molecule has 0 bridgehead atoms. The second kappa shape index (κ2) is 14.8. The number of halogens is 2. The van der Waals surface area contributed by atoms with Crippen LogP contribution >= 0.6 is 34.5 Å². The van der Waals surface area contributed by atoms with Gasteiger partial charge in [-0.25, -0.2) is 19.7 Å². The normalized spacial score (nSPS) is 19.4. The number of aryl methyl sites for hydroxylation is 1. The molecule has 0 spiro atoms. The number of thiazole rings is 1. The Bertz CT molecular complexity index is 1490. The van der Waals surface area contributed by atoms with E-state index >= 15 is 0 Å². The maximum Gasteiger partial charge on any atom is 0.350 e. The number of carbonyl (C=O) groups is 2. The standard InChI is InChI=1S/C31H41Cl2N7O4S/c1-6-44-30(42)29-27(21-14-35-24(15-34-21)39-11-9-38(10-12-39)16-18(2)3)37-31(45-29)40-8-7-20(23(17-40)43-5)13-22(41)28-26(33)25(32)19(4)36-28/h14-15,18,20,23,36H,6-13,16-17H2,1-5H3/t20-,23-/m0/s1. The number of anilines is 2. The van der Waals surface area contributed by atoms with E-state index in [9.17, 15) is 9.59 Å². The third-order valence-electron chi connectivity index (χ3n) is 8.33. The lowest BCUT2D eigenvalue weighted by atomic mass is 9.88. The number of rotatable bonds is 11. The Balaban J connectivity index is 1.30. The molecule has 45 heavy (non-hydrogen) atoms. The lowest BCUT2D eigenvalue weighted by molar-refractivity contribution is 0.0375. The topological polar surface area (TPSA) is 117 Å². The van der Waals surface area contributed by atoms with Crippen molar-refractivity contribution in [2.75, 3.05) is 69.3 Å². The molecule has 0 radical (unpaired) electrons. The fourth-order valence-electron chi connectivity index (χ4n) is 5.98. The second-order valence-electron chi connectivity index (χ2n) is 12.0. The number of ether oxygens (including phenoxy) is 2. The Morgan fingerprint density at radius 2 is 1.84 bits per heavy atom. The Labute approximate surface area is 278 Å². The predicted molar refractivity (Wildman–Crippen MR) is 178 cm³/mol. The highest BCUT2D eigenvalue weighted by Gasteiger charge is 2.34. The van der Waals surface area contributed by atoms with Crippen LogP contribution in [0.3, 0.4) is 0 Å². The van der Waals surface area contributed by atoms with Gasteiger partial charge in [-0.1, -0.05) is 48.4 Å². The number of carbonyl (C=O) groups excluding carboxylic acids is 2. The van der Waals surface area contributed by atoms with Crippen LogP contribution in [0, 0.1) is 18.8 Å². The van der Waals surface area contributed by atoms with Crippen molar-refractivity contribution in [3.05, 3.63) is 38.7 Å². The van der Waals surface area contributed by atoms with E-state index in [4.69, 9.17) is 42.6 Å². The zero-order valence-corrected chi connectivity index (χ0v) is 28.8. The van der Waals surface area contributed by atoms with Crippen molar-refractivity contribution in [2.24, 2.45) is 11.8 Å². The summed E-state index contributed by atoms with van der Waals surface area (Å²) in [6.07, 6.45) is 4.18. The minimum Gasteiger partial charge on any atom is -0.462 e. The van der Waals surface area contributed by atoms with E-state index in [2.05, 4.69) is 38.5 Å². The van der Waals surface area contributed by atoms with Gasteiger partial charge in [-0.3, -0.25) is 9.69 Å². The van der Waals surface area contributed by atoms with Crippen LogP contribution in [0.25, 0.3) is 11.4 Å². The molecule has 2 fully saturated rings. The molecule has 3 aromatic rings. The maximum absolute atomic E-state index is 13.1. The van der Waals surface area contributed by atoms with Crippen LogP contribution in [0.15, 0.2) is 12.4 Å². The van der Waals surface area contributed by atoms with Gasteiger partial charge in [0.15, 0.2) is 10.9 Å². The third-order valence-corrected chi connectivity index (χ3v) is 10.4. The van der Waals surface area contributed by atoms with Crippen LogP contribution in [0.2, 0.25) is 10.0 Å². The molecule has 0 unspecified atom stereocenters. The van der Waals surface area contributed by atoms with Crippen molar-refractivity contribution < 1.29 is 19.1 Å². The van der Waals surface area contributed by atoms with Crippen molar-refractivity contribution in [2.45, 2.75) is 46.6 Å². The molecule has 2 saturated heterocycles. The Hall–Kier alpha value is -2.77. The number of aromatic nitrogens is 4. The number of hydrogen-bond acceptors (Lipinski definition) is 11. The van der Waals surface area contributed by atoms with Crippen molar-refractivity contribution in [3.63, 3.8) is 0 Å². The second-order valence-corrected chi connectivity index (χ2v) is 13.7. The van der Waals surface area contributed by atoms with Gasteiger partial charge in [-0.05, 0) is 32.1 Å². The summed E-state index contributed by atoms with van der Waals surface area (Å²) < 4.78 is 11.2. The van der Waals surface area contributed by atoms with E-state index in [0.717, 1.165) is 38.5 Å². The minimum atomic E-state index is -0.441. The number of piperazine rings is 1. The number of nitrogens with zero attached hydrogens (tertiary/aromatic N) is 6. The Morgan fingerprint density at radius 3 is 2.44 bits per heavy atom. The first-order chi connectivity index (χ1) is 21.6. The van der Waals surface area contributed by atoms with E-state index in [1.807, 2.05) is 0 Å². The highest BCUT2D eigenvalue weighted by atomic mass is 35.5. The smallest absolute Gasteiger partial charge is 0.350 e. The molecular formula is C31H41Cl2N7O4S. The van der Waals surface area contributed by atoms with Gasteiger partial charge in [0.05, 0.1) is 35.1 Å². The highest BCUT2D eigenvalue weighted by Crippen LogP contribution is 2.37. The van der Waals surface area contributed by atoms with Crippen LogP contribution in [0.1, 0.15) is 59.5 Å². The lowest BCUT2D eigenvalue weighted by Crippen LogP contribution is -2.47. The number of hydrogen-bond donors (Lipinski definition) is 1. The molecular weight excluding hydrogens is 637 g/mol. The van der Waals surface area contributed by atoms with Crippen molar-refractivity contribution >= 4 is 57.2 Å². The molecule has 2 aliphatic rings. The summed E-state index contributed by atoms with van der Waals surface area (Å²) in [7, 11) is 1.65. The fraction of sp³-hybridized carbons (Fsp3) is 0.581. The first-order valence-corrected chi connectivity index (χ1v) is 17.0. The van der Waals surface area contributed by atoms with E-state index in [1.54, 1.807) is 33.4 Å². The number of aromatic amines is 1. The van der Waals surface area contributed by atoms with Gasteiger partial charge >= 0.3 is 5.97 Å². The summed E-state index contributed by atoms with van der Waals surface area (Å²) >= 11 is 13.8. The van der Waals surface area contributed by atoms with Crippen molar-refractivity contribution in [1.29, 1.82) is 0 Å². The lowest BCUT2D eigenvalue weighted by Gasteiger charge is -2.37. The summed E-state index contributed by atoms with van der Waals surface area (Å²) in [5, 5.41) is 1.30. The number of piperidine rings is 1. The molecule has 0 aliphatic carbocycles. The van der Waals surface area contributed by atoms with E-state index in [1.165, 1.54) is 11.3 Å². The molecule has 5 heterocycles. The van der Waals surface area contributed by atoms with Crippen LogP contribution < -0.4 is 9.80 Å². The van der Waals surface area contributed by atoms with Crippen LogP contribution in [-0.2, 0) is 9.47 Å². The third kappa shape index (κ3) is 7.62. The number of methoxy groups -OCH3 is 1. The number of esters is 1. The maximum atomic E-state index is 13.1. The molecule has 2 atom stereocenters. The summed E-state index contributed by atoms with van der Waals surface area (Å²) in [5.74, 6) is 0.891. The first-order valence-electron chi connectivity index (χ1n) is 15.4. The van der Waals surface area contributed by atoms with Crippen LogP contribution in [0.5, 0.6) is 0 Å². The molecule has 11 nitrogen and oxygen atoms in total. The summed E-state index contributed by atoms with van der Waals surface area (Å²) in [4.78, 5) is 50.6. The van der Waals surface area contributed by atoms with Gasteiger partial charge in [0.2, 0.25) is 0 Å². The van der Waals surface area contributed by atoms with Crippen LogP contribution in [-0.4, -0.2) is 102 Å². The zero-order valence-electron chi connectivity index (χ0n) is 26.4. The SMILES string of the molecule is CCOC(=O)c1sc(N2CC[C@@H](CC(=O)c3[nH]c(C)c(Cl)c3Cl)[C@@H](OC)C2)nc1-c1cnc(N2CCN(CC(C)C)CC2)cn1. The van der Waals surface area contributed by atoms with Crippen LogP contribution in [0.4, 0.5) is 10.9 Å². The number of H-pyrrole nitrogens is 1. The fourth-order valence-corrected chi connectivity index (χ4v) is 7.42. The predicted octanol–water partition coefficient (Wildman–Crippen LogP) is 5.61. The molecule has 244 valence electrons. The molecule has 0 aromatic carbocycles. The van der Waals surface area contributed by atoms with Gasteiger partial charge in [0.1, 0.15) is 27.8 Å². The number of ketones is 1. The molecule has 0 amide bonds. The van der Waals surface area contributed by atoms with E-state index < -0.39 is 5.97 Å². The molecule has 14 heteroatoms. The van der Waals surface area contributed by atoms with E-state index in [-0.39, 0.29) is 35.9 Å². The monoisotopic (exact) mass is 677 g/mol. The summed E-state index contributed by atoms with van der Waals surface area (Å²) in [5.41, 5.74) is 1.97. The Kier molecular flexibility index (Phi) is 11.0. The number of nitrogens with one attached hydrogen (secondary N) is 1. The quantitative estimate of drug-likeness (QED) is 0.203. The zero-order chi connectivity index (χ0) is 32.2.